The summed E-state index contributed by atoms with van der Waals surface area (Å²) >= 11 is 0. The van der Waals surface area contributed by atoms with Crippen molar-refractivity contribution in [3.05, 3.63) is 23.3 Å². The Balaban J connectivity index is 3.07. The van der Waals surface area contributed by atoms with Gasteiger partial charge in [0.2, 0.25) is 0 Å². The molecule has 0 aliphatic carbocycles. The standard InChI is InChI=1S/C12H16O4/c1-7-4-9(13)10(14)5-8(7)6-12(2,3)11(15)16/h4-5,13-14H,6H2,1-3H3,(H,15,16). The van der Waals surface area contributed by atoms with Gasteiger partial charge in [-0.15, -0.1) is 0 Å². The minimum Gasteiger partial charge on any atom is -0.504 e. The fraction of sp³-hybridized carbons (Fsp3) is 0.417. The van der Waals surface area contributed by atoms with Crippen molar-refractivity contribution in [3.63, 3.8) is 0 Å². The number of carboxylic acid groups (broad SMARTS) is 1. The highest BCUT2D eigenvalue weighted by Crippen LogP contribution is 2.31. The van der Waals surface area contributed by atoms with Gasteiger partial charge in [0.15, 0.2) is 11.5 Å². The van der Waals surface area contributed by atoms with Gasteiger partial charge in [-0.05, 0) is 50.5 Å². The largest absolute Gasteiger partial charge is 0.504 e. The summed E-state index contributed by atoms with van der Waals surface area (Å²) in [5.41, 5.74) is 0.598. The molecule has 4 heteroatoms. The second kappa shape index (κ2) is 4.04. The molecule has 1 rings (SSSR count). The molecule has 0 atom stereocenters. The molecule has 0 unspecified atom stereocenters. The lowest BCUT2D eigenvalue weighted by molar-refractivity contribution is -0.146. The monoisotopic (exact) mass is 224 g/mol. The number of hydrogen-bond acceptors (Lipinski definition) is 3. The number of benzene rings is 1. The van der Waals surface area contributed by atoms with E-state index in [2.05, 4.69) is 0 Å². The van der Waals surface area contributed by atoms with Gasteiger partial charge in [0.25, 0.3) is 0 Å². The van der Waals surface area contributed by atoms with E-state index >= 15 is 0 Å². The number of aryl methyl sites for hydroxylation is 1. The van der Waals surface area contributed by atoms with Crippen molar-refractivity contribution in [1.82, 2.24) is 0 Å². The van der Waals surface area contributed by atoms with E-state index in [0.29, 0.717) is 6.42 Å². The summed E-state index contributed by atoms with van der Waals surface area (Å²) in [6.07, 6.45) is 0.308. The zero-order valence-electron chi connectivity index (χ0n) is 9.61. The number of aromatic hydroxyl groups is 2. The molecular weight excluding hydrogens is 208 g/mol. The Morgan fingerprint density at radius 2 is 1.75 bits per heavy atom. The van der Waals surface area contributed by atoms with Gasteiger partial charge in [-0.25, -0.2) is 0 Å². The minimum absolute atomic E-state index is 0.186. The summed E-state index contributed by atoms with van der Waals surface area (Å²) in [6, 6.07) is 2.85. The van der Waals surface area contributed by atoms with Crippen LogP contribution in [0, 0.1) is 12.3 Å². The zero-order valence-corrected chi connectivity index (χ0v) is 9.61. The molecule has 3 N–H and O–H groups in total. The van der Waals surface area contributed by atoms with Crippen LogP contribution in [0.5, 0.6) is 11.5 Å². The molecule has 16 heavy (non-hydrogen) atoms. The molecule has 0 amide bonds. The summed E-state index contributed by atoms with van der Waals surface area (Å²) in [5.74, 6) is -1.30. The van der Waals surface area contributed by atoms with Gasteiger partial charge in [-0.3, -0.25) is 4.79 Å². The van der Waals surface area contributed by atoms with Crippen LogP contribution < -0.4 is 0 Å². The molecular formula is C12H16O4. The summed E-state index contributed by atoms with van der Waals surface area (Å²) in [4.78, 5) is 11.0. The Bertz CT molecular complexity index is 421. The third-order valence-corrected chi connectivity index (χ3v) is 2.64. The number of hydrogen-bond donors (Lipinski definition) is 3. The second-order valence-corrected chi connectivity index (χ2v) is 4.63. The van der Waals surface area contributed by atoms with Crippen LogP contribution in [0.1, 0.15) is 25.0 Å². The summed E-state index contributed by atoms with van der Waals surface area (Å²) in [7, 11) is 0. The number of rotatable bonds is 3. The third kappa shape index (κ3) is 2.45. The van der Waals surface area contributed by atoms with Crippen molar-refractivity contribution in [2.24, 2.45) is 5.41 Å². The van der Waals surface area contributed by atoms with Crippen LogP contribution in [-0.2, 0) is 11.2 Å². The number of phenolic OH excluding ortho intramolecular Hbond substituents is 2. The van der Waals surface area contributed by atoms with Crippen LogP contribution in [0.25, 0.3) is 0 Å². The van der Waals surface area contributed by atoms with Crippen LogP contribution in [0.2, 0.25) is 0 Å². The molecule has 0 aromatic heterocycles. The van der Waals surface area contributed by atoms with Gasteiger partial charge in [-0.2, -0.15) is 0 Å². The molecule has 0 saturated heterocycles. The summed E-state index contributed by atoms with van der Waals surface area (Å²) in [6.45, 7) is 5.02. The molecule has 0 aliphatic rings. The van der Waals surface area contributed by atoms with E-state index in [4.69, 9.17) is 5.11 Å². The Morgan fingerprint density at radius 1 is 1.25 bits per heavy atom. The van der Waals surface area contributed by atoms with Crippen LogP contribution in [0.4, 0.5) is 0 Å². The molecule has 0 radical (unpaired) electrons. The maximum Gasteiger partial charge on any atom is 0.309 e. The smallest absolute Gasteiger partial charge is 0.309 e. The molecule has 0 bridgehead atoms. The van der Waals surface area contributed by atoms with Gasteiger partial charge in [-0.1, -0.05) is 0 Å². The van der Waals surface area contributed by atoms with Crippen LogP contribution in [0.3, 0.4) is 0 Å². The van der Waals surface area contributed by atoms with E-state index in [-0.39, 0.29) is 11.5 Å². The first-order chi connectivity index (χ1) is 7.24. The predicted octanol–water partition coefficient (Wildman–Crippen LogP) is 2.06. The summed E-state index contributed by atoms with van der Waals surface area (Å²) in [5, 5.41) is 27.6. The number of carboxylic acids is 1. The predicted molar refractivity (Wildman–Crippen MR) is 59.6 cm³/mol. The minimum atomic E-state index is -0.895. The molecule has 4 nitrogen and oxygen atoms in total. The van der Waals surface area contributed by atoms with Gasteiger partial charge >= 0.3 is 5.97 Å². The number of carbonyl (C=O) groups is 1. The molecule has 1 aromatic carbocycles. The van der Waals surface area contributed by atoms with Crippen molar-refractivity contribution < 1.29 is 20.1 Å². The Morgan fingerprint density at radius 3 is 2.25 bits per heavy atom. The van der Waals surface area contributed by atoms with Crippen LogP contribution >= 0.6 is 0 Å². The highest BCUT2D eigenvalue weighted by atomic mass is 16.4. The third-order valence-electron chi connectivity index (χ3n) is 2.64. The van der Waals surface area contributed by atoms with E-state index in [1.165, 1.54) is 12.1 Å². The van der Waals surface area contributed by atoms with E-state index < -0.39 is 11.4 Å². The lowest BCUT2D eigenvalue weighted by Crippen LogP contribution is -2.26. The van der Waals surface area contributed by atoms with E-state index in [1.54, 1.807) is 20.8 Å². The highest BCUT2D eigenvalue weighted by molar-refractivity contribution is 5.74. The van der Waals surface area contributed by atoms with Crippen molar-refractivity contribution in [2.75, 3.05) is 0 Å². The number of aliphatic carboxylic acids is 1. The molecule has 1 aromatic rings. The van der Waals surface area contributed by atoms with Crippen molar-refractivity contribution in [1.29, 1.82) is 0 Å². The lowest BCUT2D eigenvalue weighted by atomic mass is 9.84. The first-order valence-corrected chi connectivity index (χ1v) is 4.99. The molecule has 0 saturated carbocycles. The highest BCUT2D eigenvalue weighted by Gasteiger charge is 2.28. The first kappa shape index (κ1) is 12.4. The average Bonchev–Trinajstić information content (AvgIpc) is 2.13. The molecule has 88 valence electrons. The molecule has 0 spiro atoms. The van der Waals surface area contributed by atoms with Gasteiger partial charge < -0.3 is 15.3 Å². The summed E-state index contributed by atoms with van der Waals surface area (Å²) < 4.78 is 0. The van der Waals surface area contributed by atoms with Crippen LogP contribution in [0.15, 0.2) is 12.1 Å². The average molecular weight is 224 g/mol. The second-order valence-electron chi connectivity index (χ2n) is 4.63. The van der Waals surface area contributed by atoms with E-state index in [9.17, 15) is 15.0 Å². The van der Waals surface area contributed by atoms with Crippen LogP contribution in [-0.4, -0.2) is 21.3 Å². The first-order valence-electron chi connectivity index (χ1n) is 4.99. The van der Waals surface area contributed by atoms with E-state index in [0.717, 1.165) is 11.1 Å². The van der Waals surface area contributed by atoms with Crippen molar-refractivity contribution in [2.45, 2.75) is 27.2 Å². The number of phenols is 2. The quantitative estimate of drug-likeness (QED) is 0.687. The molecule has 0 heterocycles. The lowest BCUT2D eigenvalue weighted by Gasteiger charge is -2.20. The van der Waals surface area contributed by atoms with Gasteiger partial charge in [0, 0.05) is 0 Å². The van der Waals surface area contributed by atoms with Crippen molar-refractivity contribution in [3.8, 4) is 11.5 Å². The maximum atomic E-state index is 11.0. The van der Waals surface area contributed by atoms with Crippen molar-refractivity contribution >= 4 is 5.97 Å². The topological polar surface area (TPSA) is 77.8 Å². The van der Waals surface area contributed by atoms with Gasteiger partial charge in [0.1, 0.15) is 0 Å². The Labute approximate surface area is 94.2 Å². The molecule has 0 aliphatic heterocycles. The van der Waals surface area contributed by atoms with Gasteiger partial charge in [0.05, 0.1) is 5.41 Å². The Kier molecular flexibility index (Phi) is 3.12. The SMILES string of the molecule is Cc1cc(O)c(O)cc1CC(C)(C)C(=O)O. The molecule has 0 fully saturated rings. The fourth-order valence-electron chi connectivity index (χ4n) is 1.47. The Hall–Kier alpha value is -1.71. The van der Waals surface area contributed by atoms with E-state index in [1.807, 2.05) is 0 Å². The maximum absolute atomic E-state index is 11.0. The zero-order chi connectivity index (χ0) is 12.5. The fourth-order valence-corrected chi connectivity index (χ4v) is 1.47. The normalized spacial score (nSPS) is 11.4.